The lowest BCUT2D eigenvalue weighted by atomic mass is 10.1. The van der Waals surface area contributed by atoms with E-state index in [1.807, 2.05) is 0 Å². The predicted molar refractivity (Wildman–Crippen MR) is 78.7 cm³/mol. The van der Waals surface area contributed by atoms with E-state index in [1.54, 1.807) is 24.3 Å². The minimum absolute atomic E-state index is 0.0332. The highest BCUT2D eigenvalue weighted by atomic mass is 19.1. The molecule has 0 atom stereocenters. The van der Waals surface area contributed by atoms with Crippen molar-refractivity contribution in [2.75, 3.05) is 6.61 Å². The minimum Gasteiger partial charge on any atom is -0.478 e. The number of benzene rings is 2. The number of hydrogen-bond acceptors (Lipinski definition) is 4. The molecule has 110 valence electrons. The molecule has 0 radical (unpaired) electrons. The summed E-state index contributed by atoms with van der Waals surface area (Å²) in [7, 11) is 0. The summed E-state index contributed by atoms with van der Waals surface area (Å²) in [6.45, 7) is -0.325. The van der Waals surface area contributed by atoms with Crippen molar-refractivity contribution >= 4 is 16.8 Å². The standard InChI is InChI=1S/C17H11FO4/c18-13-7-5-11(6-8-13)14(19)10-21-16-9-12-3-1-2-4-15(12)22-17(16)20/h1-9H,10H2. The largest absolute Gasteiger partial charge is 0.478 e. The van der Waals surface area contributed by atoms with Gasteiger partial charge in [-0.15, -0.1) is 0 Å². The summed E-state index contributed by atoms with van der Waals surface area (Å²) in [6, 6.07) is 13.6. The number of ketones is 1. The summed E-state index contributed by atoms with van der Waals surface area (Å²) in [5.41, 5.74) is 0.113. The lowest BCUT2D eigenvalue weighted by Gasteiger charge is -2.05. The van der Waals surface area contributed by atoms with Crippen LogP contribution >= 0.6 is 0 Å². The molecule has 0 aliphatic rings. The number of carbonyl (C=O) groups excluding carboxylic acids is 1. The van der Waals surface area contributed by atoms with Crippen LogP contribution in [0, 0.1) is 5.82 Å². The van der Waals surface area contributed by atoms with E-state index in [4.69, 9.17) is 9.15 Å². The first-order chi connectivity index (χ1) is 10.6. The van der Waals surface area contributed by atoms with Crippen molar-refractivity contribution in [3.63, 3.8) is 0 Å². The van der Waals surface area contributed by atoms with Gasteiger partial charge in [-0.3, -0.25) is 4.79 Å². The maximum Gasteiger partial charge on any atom is 0.379 e. The minimum atomic E-state index is -0.648. The molecule has 4 nitrogen and oxygen atoms in total. The number of ether oxygens (including phenoxy) is 1. The van der Waals surface area contributed by atoms with Crippen LogP contribution < -0.4 is 10.4 Å². The predicted octanol–water partition coefficient (Wildman–Crippen LogP) is 3.19. The first-order valence-electron chi connectivity index (χ1n) is 6.58. The van der Waals surface area contributed by atoms with Crippen molar-refractivity contribution in [3.8, 4) is 5.75 Å². The Morgan fingerprint density at radius 3 is 2.59 bits per heavy atom. The molecule has 1 aromatic heterocycles. The molecule has 0 N–H and O–H groups in total. The Bertz CT molecular complexity index is 881. The van der Waals surface area contributed by atoms with Gasteiger partial charge in [0.25, 0.3) is 0 Å². The van der Waals surface area contributed by atoms with Gasteiger partial charge >= 0.3 is 5.63 Å². The second-order valence-corrected chi connectivity index (χ2v) is 4.65. The van der Waals surface area contributed by atoms with Crippen LogP contribution in [0.1, 0.15) is 10.4 Å². The molecule has 2 aromatic carbocycles. The van der Waals surface area contributed by atoms with Crippen LogP contribution in [-0.2, 0) is 0 Å². The second kappa shape index (κ2) is 5.81. The van der Waals surface area contributed by atoms with Crippen LogP contribution in [0.25, 0.3) is 11.0 Å². The van der Waals surface area contributed by atoms with E-state index in [2.05, 4.69) is 0 Å². The third-order valence-corrected chi connectivity index (χ3v) is 3.13. The number of carbonyl (C=O) groups is 1. The Kier molecular flexibility index (Phi) is 3.70. The quantitative estimate of drug-likeness (QED) is 0.548. The lowest BCUT2D eigenvalue weighted by molar-refractivity contribution is 0.0919. The molecule has 0 saturated heterocycles. The van der Waals surface area contributed by atoms with Gasteiger partial charge in [-0.25, -0.2) is 9.18 Å². The zero-order chi connectivity index (χ0) is 15.5. The highest BCUT2D eigenvalue weighted by molar-refractivity contribution is 5.97. The van der Waals surface area contributed by atoms with E-state index < -0.39 is 11.4 Å². The van der Waals surface area contributed by atoms with Crippen molar-refractivity contribution in [3.05, 3.63) is 76.4 Å². The third-order valence-electron chi connectivity index (χ3n) is 3.13. The van der Waals surface area contributed by atoms with E-state index in [0.717, 1.165) is 0 Å². The average molecular weight is 298 g/mol. The summed E-state index contributed by atoms with van der Waals surface area (Å²) in [6.07, 6.45) is 0. The Morgan fingerprint density at radius 1 is 1.09 bits per heavy atom. The summed E-state index contributed by atoms with van der Waals surface area (Å²) in [5.74, 6) is -0.811. The van der Waals surface area contributed by atoms with Crippen LogP contribution in [0.2, 0.25) is 0 Å². The maximum absolute atomic E-state index is 12.8. The normalized spacial score (nSPS) is 10.6. The fourth-order valence-corrected chi connectivity index (χ4v) is 2.01. The first kappa shape index (κ1) is 14.0. The van der Waals surface area contributed by atoms with E-state index >= 15 is 0 Å². The number of Topliss-reactive ketones (excluding diaryl/α,β-unsaturated/α-hetero) is 1. The molecular formula is C17H11FO4. The van der Waals surface area contributed by atoms with Crippen molar-refractivity contribution in [1.82, 2.24) is 0 Å². The zero-order valence-electron chi connectivity index (χ0n) is 11.4. The topological polar surface area (TPSA) is 56.5 Å². The fraction of sp³-hybridized carbons (Fsp3) is 0.0588. The Morgan fingerprint density at radius 2 is 1.82 bits per heavy atom. The van der Waals surface area contributed by atoms with Crippen molar-refractivity contribution < 1.29 is 18.3 Å². The van der Waals surface area contributed by atoms with E-state index in [-0.39, 0.29) is 18.1 Å². The van der Waals surface area contributed by atoms with Crippen molar-refractivity contribution in [2.45, 2.75) is 0 Å². The molecule has 22 heavy (non-hydrogen) atoms. The number of rotatable bonds is 4. The average Bonchev–Trinajstić information content (AvgIpc) is 2.53. The number of para-hydroxylation sites is 1. The van der Waals surface area contributed by atoms with Crippen LogP contribution in [-0.4, -0.2) is 12.4 Å². The third kappa shape index (κ3) is 2.88. The molecule has 0 aliphatic carbocycles. The van der Waals surface area contributed by atoms with Gasteiger partial charge in [0.2, 0.25) is 5.75 Å². The Labute approximate surface area is 124 Å². The number of hydrogen-bond donors (Lipinski definition) is 0. The lowest BCUT2D eigenvalue weighted by Crippen LogP contribution is -2.15. The van der Waals surface area contributed by atoms with Crippen molar-refractivity contribution in [2.24, 2.45) is 0 Å². The molecular weight excluding hydrogens is 287 g/mol. The van der Waals surface area contributed by atoms with Crippen molar-refractivity contribution in [1.29, 1.82) is 0 Å². The molecule has 0 saturated carbocycles. The van der Waals surface area contributed by atoms with Gasteiger partial charge in [-0.05, 0) is 36.4 Å². The molecule has 0 unspecified atom stereocenters. The molecule has 1 heterocycles. The smallest absolute Gasteiger partial charge is 0.379 e. The first-order valence-corrected chi connectivity index (χ1v) is 6.58. The maximum atomic E-state index is 12.8. The molecule has 0 aliphatic heterocycles. The van der Waals surface area contributed by atoms with Gasteiger partial charge in [-0.2, -0.15) is 0 Å². The van der Waals surface area contributed by atoms with Gasteiger partial charge in [-0.1, -0.05) is 18.2 Å². The summed E-state index contributed by atoms with van der Waals surface area (Å²) in [5, 5.41) is 0.700. The van der Waals surface area contributed by atoms with Crippen LogP contribution in [0.4, 0.5) is 4.39 Å². The molecule has 5 heteroatoms. The molecule has 3 aromatic rings. The highest BCUT2D eigenvalue weighted by Crippen LogP contribution is 2.16. The van der Waals surface area contributed by atoms with Gasteiger partial charge < -0.3 is 9.15 Å². The van der Waals surface area contributed by atoms with Gasteiger partial charge in [0.05, 0.1) is 0 Å². The molecule has 0 spiro atoms. The van der Waals surface area contributed by atoms with E-state index in [0.29, 0.717) is 16.5 Å². The summed E-state index contributed by atoms with van der Waals surface area (Å²) >= 11 is 0. The molecule has 0 bridgehead atoms. The number of fused-ring (bicyclic) bond motifs is 1. The van der Waals surface area contributed by atoms with E-state index in [9.17, 15) is 14.0 Å². The second-order valence-electron chi connectivity index (χ2n) is 4.65. The monoisotopic (exact) mass is 298 g/mol. The van der Waals surface area contributed by atoms with Crippen LogP contribution in [0.5, 0.6) is 5.75 Å². The summed E-state index contributed by atoms with van der Waals surface area (Å²) in [4.78, 5) is 23.7. The zero-order valence-corrected chi connectivity index (χ0v) is 11.4. The summed E-state index contributed by atoms with van der Waals surface area (Å²) < 4.78 is 23.2. The Balaban J connectivity index is 1.78. The molecule has 3 rings (SSSR count). The number of halogens is 1. The molecule has 0 fully saturated rings. The van der Waals surface area contributed by atoms with Gasteiger partial charge in [0.15, 0.2) is 12.4 Å². The molecule has 0 amide bonds. The van der Waals surface area contributed by atoms with Gasteiger partial charge in [0, 0.05) is 10.9 Å². The fourth-order valence-electron chi connectivity index (χ4n) is 2.01. The van der Waals surface area contributed by atoms with Crippen LogP contribution in [0.3, 0.4) is 0 Å². The highest BCUT2D eigenvalue weighted by Gasteiger charge is 2.10. The van der Waals surface area contributed by atoms with E-state index in [1.165, 1.54) is 30.3 Å². The van der Waals surface area contributed by atoms with Crippen LogP contribution in [0.15, 0.2) is 63.8 Å². The SMILES string of the molecule is O=C(COc1cc2ccccc2oc1=O)c1ccc(F)cc1. The van der Waals surface area contributed by atoms with Gasteiger partial charge in [0.1, 0.15) is 11.4 Å². The Hall–Kier alpha value is -2.95.